The Kier molecular flexibility index (Phi) is 4.17. The highest BCUT2D eigenvalue weighted by atomic mass is 16.5. The number of hydrogen-bond acceptors (Lipinski definition) is 4. The minimum absolute atomic E-state index is 0.0568. The first-order valence-corrected chi connectivity index (χ1v) is 6.00. The Morgan fingerprint density at radius 2 is 1.86 bits per heavy atom. The lowest BCUT2D eigenvalue weighted by atomic mass is 10.2. The molecule has 6 nitrogen and oxygen atoms in total. The maximum atomic E-state index is 12.0. The van der Waals surface area contributed by atoms with Gasteiger partial charge >= 0.3 is 5.97 Å². The van der Waals surface area contributed by atoms with Gasteiger partial charge in [-0.05, 0) is 42.5 Å². The Hall–Kier alpha value is -3.33. The molecule has 0 heterocycles. The topological polar surface area (TPSA) is 114 Å². The van der Waals surface area contributed by atoms with E-state index in [1.165, 1.54) is 6.07 Å². The molecule has 0 amide bonds. The van der Waals surface area contributed by atoms with Crippen molar-refractivity contribution in [1.29, 1.82) is 5.26 Å². The number of aliphatic imine (C=N–C) groups is 1. The fourth-order valence-electron chi connectivity index (χ4n) is 1.62. The number of nitriles is 1. The molecule has 0 aromatic heterocycles. The van der Waals surface area contributed by atoms with Crippen LogP contribution in [0.15, 0.2) is 53.5 Å². The second-order valence-corrected chi connectivity index (χ2v) is 4.11. The molecule has 0 aliphatic carbocycles. The summed E-state index contributed by atoms with van der Waals surface area (Å²) < 4.78 is 5.19. The van der Waals surface area contributed by atoms with Crippen LogP contribution in [0.5, 0.6) is 5.75 Å². The Morgan fingerprint density at radius 3 is 2.48 bits per heavy atom. The quantitative estimate of drug-likeness (QED) is 0.384. The molecule has 0 fully saturated rings. The minimum atomic E-state index is -0.527. The zero-order chi connectivity index (χ0) is 15.2. The van der Waals surface area contributed by atoms with Gasteiger partial charge in [-0.2, -0.15) is 5.26 Å². The predicted octanol–water partition coefficient (Wildman–Crippen LogP) is 1.68. The van der Waals surface area contributed by atoms with E-state index >= 15 is 0 Å². The summed E-state index contributed by atoms with van der Waals surface area (Å²) in [6, 6.07) is 14.6. The zero-order valence-electron chi connectivity index (χ0n) is 11.0. The molecule has 21 heavy (non-hydrogen) atoms. The first-order chi connectivity index (χ1) is 10.1. The summed E-state index contributed by atoms with van der Waals surface area (Å²) in [7, 11) is 0. The van der Waals surface area contributed by atoms with Crippen LogP contribution in [0.1, 0.15) is 15.9 Å². The maximum absolute atomic E-state index is 12.0. The molecule has 0 aliphatic rings. The van der Waals surface area contributed by atoms with E-state index < -0.39 is 5.97 Å². The summed E-state index contributed by atoms with van der Waals surface area (Å²) in [5.41, 5.74) is 11.8. The molecular formula is C15H12N4O2. The van der Waals surface area contributed by atoms with Crippen LogP contribution in [-0.2, 0) is 0 Å². The van der Waals surface area contributed by atoms with Crippen LogP contribution in [-0.4, -0.2) is 11.9 Å². The van der Waals surface area contributed by atoms with Crippen LogP contribution in [0.25, 0.3) is 0 Å². The van der Waals surface area contributed by atoms with Gasteiger partial charge in [-0.1, -0.05) is 6.07 Å². The summed E-state index contributed by atoms with van der Waals surface area (Å²) in [6.45, 7) is 0. The molecule has 0 bridgehead atoms. The van der Waals surface area contributed by atoms with Crippen molar-refractivity contribution in [1.82, 2.24) is 0 Å². The SMILES string of the molecule is N#Cc1cccc(OC(=O)c2ccc(N=C(N)N)cc2)c1. The second kappa shape index (κ2) is 6.21. The van der Waals surface area contributed by atoms with E-state index in [2.05, 4.69) is 4.99 Å². The van der Waals surface area contributed by atoms with E-state index in [0.717, 1.165) is 0 Å². The number of carbonyl (C=O) groups is 1. The lowest BCUT2D eigenvalue weighted by molar-refractivity contribution is 0.0735. The van der Waals surface area contributed by atoms with Crippen molar-refractivity contribution in [3.05, 3.63) is 59.7 Å². The van der Waals surface area contributed by atoms with E-state index in [-0.39, 0.29) is 5.96 Å². The average molecular weight is 280 g/mol. The summed E-state index contributed by atoms with van der Waals surface area (Å²) in [5, 5.41) is 8.79. The standard InChI is InChI=1S/C15H12N4O2/c16-9-10-2-1-3-13(8-10)21-14(20)11-4-6-12(7-5-11)19-15(17)18/h1-8H,(H4,17,18,19). The molecular weight excluding hydrogens is 268 g/mol. The normalized spacial score (nSPS) is 9.48. The van der Waals surface area contributed by atoms with Crippen molar-refractivity contribution in [2.45, 2.75) is 0 Å². The van der Waals surface area contributed by atoms with Crippen LogP contribution >= 0.6 is 0 Å². The minimum Gasteiger partial charge on any atom is -0.423 e. The number of hydrogen-bond donors (Lipinski definition) is 2. The van der Waals surface area contributed by atoms with Gasteiger partial charge in [0.15, 0.2) is 5.96 Å². The summed E-state index contributed by atoms with van der Waals surface area (Å²) in [6.07, 6.45) is 0. The van der Waals surface area contributed by atoms with Gasteiger partial charge in [-0.15, -0.1) is 0 Å². The van der Waals surface area contributed by atoms with Gasteiger partial charge in [-0.3, -0.25) is 0 Å². The highest BCUT2D eigenvalue weighted by Gasteiger charge is 2.08. The molecule has 6 heteroatoms. The van der Waals surface area contributed by atoms with E-state index in [9.17, 15) is 4.79 Å². The molecule has 0 saturated carbocycles. The van der Waals surface area contributed by atoms with Gasteiger partial charge in [0.1, 0.15) is 5.75 Å². The van der Waals surface area contributed by atoms with Gasteiger partial charge in [0.2, 0.25) is 0 Å². The number of benzene rings is 2. The Labute approximate surface area is 121 Å². The van der Waals surface area contributed by atoms with Crippen molar-refractivity contribution >= 4 is 17.6 Å². The average Bonchev–Trinajstić information content (AvgIpc) is 2.47. The summed E-state index contributed by atoms with van der Waals surface area (Å²) in [5.74, 6) is -0.271. The third-order valence-corrected chi connectivity index (χ3v) is 2.53. The molecule has 0 atom stereocenters. The molecule has 2 aromatic carbocycles. The summed E-state index contributed by atoms with van der Waals surface area (Å²) >= 11 is 0. The van der Waals surface area contributed by atoms with Gasteiger partial charge in [0.25, 0.3) is 0 Å². The van der Waals surface area contributed by atoms with Crippen LogP contribution in [0.2, 0.25) is 0 Å². The number of guanidine groups is 1. The molecule has 0 saturated heterocycles. The van der Waals surface area contributed by atoms with Gasteiger partial charge < -0.3 is 16.2 Å². The van der Waals surface area contributed by atoms with Crippen molar-refractivity contribution < 1.29 is 9.53 Å². The number of nitrogens with two attached hydrogens (primary N) is 2. The lowest BCUT2D eigenvalue weighted by Crippen LogP contribution is -2.21. The van der Waals surface area contributed by atoms with Crippen LogP contribution in [0, 0.1) is 11.3 Å². The van der Waals surface area contributed by atoms with E-state index in [4.69, 9.17) is 21.5 Å². The molecule has 0 aliphatic heterocycles. The van der Waals surface area contributed by atoms with Gasteiger partial charge in [0.05, 0.1) is 22.9 Å². The largest absolute Gasteiger partial charge is 0.423 e. The predicted molar refractivity (Wildman–Crippen MR) is 78.0 cm³/mol. The number of nitrogens with zero attached hydrogens (tertiary/aromatic N) is 2. The molecule has 104 valence electrons. The monoisotopic (exact) mass is 280 g/mol. The summed E-state index contributed by atoms with van der Waals surface area (Å²) in [4.78, 5) is 15.8. The fourth-order valence-corrected chi connectivity index (χ4v) is 1.62. The van der Waals surface area contributed by atoms with Crippen LogP contribution < -0.4 is 16.2 Å². The van der Waals surface area contributed by atoms with E-state index in [1.54, 1.807) is 42.5 Å². The molecule has 0 spiro atoms. The van der Waals surface area contributed by atoms with E-state index in [1.807, 2.05) is 6.07 Å². The molecule has 4 N–H and O–H groups in total. The zero-order valence-corrected chi connectivity index (χ0v) is 11.0. The number of esters is 1. The van der Waals surface area contributed by atoms with Crippen molar-refractivity contribution in [3.63, 3.8) is 0 Å². The third kappa shape index (κ3) is 3.81. The lowest BCUT2D eigenvalue weighted by Gasteiger charge is -2.04. The van der Waals surface area contributed by atoms with Crippen LogP contribution in [0.3, 0.4) is 0 Å². The molecule has 2 aromatic rings. The second-order valence-electron chi connectivity index (χ2n) is 4.11. The molecule has 0 radical (unpaired) electrons. The first kappa shape index (κ1) is 14.1. The number of rotatable bonds is 3. The van der Waals surface area contributed by atoms with Gasteiger partial charge in [-0.25, -0.2) is 9.79 Å². The Morgan fingerprint density at radius 1 is 1.14 bits per heavy atom. The van der Waals surface area contributed by atoms with Gasteiger partial charge in [0, 0.05) is 0 Å². The Balaban J connectivity index is 2.13. The first-order valence-electron chi connectivity index (χ1n) is 6.00. The fraction of sp³-hybridized carbons (Fsp3) is 0. The number of ether oxygens (including phenoxy) is 1. The maximum Gasteiger partial charge on any atom is 0.343 e. The highest BCUT2D eigenvalue weighted by Crippen LogP contribution is 2.17. The van der Waals surface area contributed by atoms with Crippen LogP contribution in [0.4, 0.5) is 5.69 Å². The smallest absolute Gasteiger partial charge is 0.343 e. The van der Waals surface area contributed by atoms with Crippen molar-refractivity contribution in [3.8, 4) is 11.8 Å². The molecule has 2 rings (SSSR count). The number of carbonyl (C=O) groups excluding carboxylic acids is 1. The highest BCUT2D eigenvalue weighted by molar-refractivity contribution is 5.91. The third-order valence-electron chi connectivity index (χ3n) is 2.53. The van der Waals surface area contributed by atoms with E-state index in [0.29, 0.717) is 22.6 Å². The van der Waals surface area contributed by atoms with Crippen molar-refractivity contribution in [2.24, 2.45) is 16.5 Å². The molecule has 0 unspecified atom stereocenters. The van der Waals surface area contributed by atoms with Crippen molar-refractivity contribution in [2.75, 3.05) is 0 Å². The Bertz CT molecular complexity index is 726.